The predicted molar refractivity (Wildman–Crippen MR) is 101 cm³/mol. The molecule has 0 aromatic heterocycles. The molecule has 0 spiro atoms. The van der Waals surface area contributed by atoms with Crippen molar-refractivity contribution in [3.8, 4) is 0 Å². The Morgan fingerprint density at radius 3 is 2.52 bits per heavy atom. The van der Waals surface area contributed by atoms with Crippen molar-refractivity contribution in [3.63, 3.8) is 0 Å². The lowest BCUT2D eigenvalue weighted by Crippen LogP contribution is -2.28. The third-order valence-electron chi connectivity index (χ3n) is 4.22. The van der Waals surface area contributed by atoms with Crippen LogP contribution in [0.1, 0.15) is 17.5 Å². The molecule has 1 saturated heterocycles. The van der Waals surface area contributed by atoms with Gasteiger partial charge in [-0.2, -0.15) is 0 Å². The maximum Gasteiger partial charge on any atom is 0.229 e. The zero-order valence-electron chi connectivity index (χ0n) is 14.0. The van der Waals surface area contributed by atoms with Crippen molar-refractivity contribution in [3.05, 3.63) is 57.6 Å². The highest BCUT2D eigenvalue weighted by Gasteiger charge is 2.35. The lowest BCUT2D eigenvalue weighted by molar-refractivity contribution is -0.122. The Balaban J connectivity index is 1.75. The molecular formula is C19H18Cl2N2O2. The number of halogens is 2. The fourth-order valence-electron chi connectivity index (χ4n) is 3.07. The van der Waals surface area contributed by atoms with E-state index in [1.807, 2.05) is 26.0 Å². The molecule has 3 rings (SSSR count). The summed E-state index contributed by atoms with van der Waals surface area (Å²) in [6, 6.07) is 11.0. The zero-order valence-corrected chi connectivity index (χ0v) is 15.5. The summed E-state index contributed by atoms with van der Waals surface area (Å²) in [4.78, 5) is 26.6. The number of hydrogen-bond donors (Lipinski definition) is 1. The molecule has 2 amide bonds. The normalized spacial score (nSPS) is 17.0. The van der Waals surface area contributed by atoms with E-state index >= 15 is 0 Å². The van der Waals surface area contributed by atoms with Gasteiger partial charge in [-0.3, -0.25) is 9.59 Å². The summed E-state index contributed by atoms with van der Waals surface area (Å²) in [7, 11) is 0. The van der Waals surface area contributed by atoms with E-state index in [0.29, 0.717) is 22.3 Å². The summed E-state index contributed by atoms with van der Waals surface area (Å²) >= 11 is 12.1. The number of carbonyl (C=O) groups is 2. The van der Waals surface area contributed by atoms with Crippen LogP contribution in [0.3, 0.4) is 0 Å². The van der Waals surface area contributed by atoms with E-state index in [1.165, 1.54) is 0 Å². The van der Waals surface area contributed by atoms with Crippen LogP contribution in [0.25, 0.3) is 0 Å². The summed E-state index contributed by atoms with van der Waals surface area (Å²) in [5, 5.41) is 3.45. The Morgan fingerprint density at radius 2 is 1.84 bits per heavy atom. The molecule has 0 unspecified atom stereocenters. The second-order valence-corrected chi connectivity index (χ2v) is 7.13. The number of amides is 2. The van der Waals surface area contributed by atoms with Crippen LogP contribution < -0.4 is 10.2 Å². The minimum Gasteiger partial charge on any atom is -0.324 e. The number of anilines is 2. The van der Waals surface area contributed by atoms with E-state index in [4.69, 9.17) is 23.2 Å². The third-order valence-corrected chi connectivity index (χ3v) is 5.04. The molecule has 0 saturated carbocycles. The fraction of sp³-hybridized carbons (Fsp3) is 0.263. The van der Waals surface area contributed by atoms with Gasteiger partial charge in [0, 0.05) is 18.7 Å². The molecule has 4 nitrogen and oxygen atoms in total. The first-order chi connectivity index (χ1) is 11.8. The van der Waals surface area contributed by atoms with Gasteiger partial charge in [0.25, 0.3) is 0 Å². The third kappa shape index (κ3) is 3.80. The number of carbonyl (C=O) groups excluding carboxylic acids is 2. The first kappa shape index (κ1) is 17.8. The molecule has 1 aliphatic rings. The lowest BCUT2D eigenvalue weighted by atomic mass is 10.1. The summed E-state index contributed by atoms with van der Waals surface area (Å²) in [6.07, 6.45) is 0.178. The maximum absolute atomic E-state index is 12.5. The van der Waals surface area contributed by atoms with E-state index in [2.05, 4.69) is 11.4 Å². The van der Waals surface area contributed by atoms with Gasteiger partial charge in [0.1, 0.15) is 0 Å². The molecule has 6 heteroatoms. The van der Waals surface area contributed by atoms with Gasteiger partial charge in [-0.1, -0.05) is 35.3 Å². The number of hydrogen-bond acceptors (Lipinski definition) is 2. The SMILES string of the molecule is Cc1cc(C)cc(N2C[C@@H](C(=O)Nc3cccc(Cl)c3Cl)CC2=O)c1. The second-order valence-electron chi connectivity index (χ2n) is 6.34. The summed E-state index contributed by atoms with van der Waals surface area (Å²) in [5.74, 6) is -0.713. The molecule has 2 aromatic rings. The van der Waals surface area contributed by atoms with E-state index < -0.39 is 5.92 Å². The Kier molecular flexibility index (Phi) is 5.02. The topological polar surface area (TPSA) is 49.4 Å². The van der Waals surface area contributed by atoms with Crippen LogP contribution in [0.15, 0.2) is 36.4 Å². The predicted octanol–water partition coefficient (Wildman–Crippen LogP) is 4.60. The smallest absolute Gasteiger partial charge is 0.229 e. The van der Waals surface area contributed by atoms with Gasteiger partial charge in [0.2, 0.25) is 11.8 Å². The number of benzene rings is 2. The van der Waals surface area contributed by atoms with Crippen LogP contribution in [0.4, 0.5) is 11.4 Å². The van der Waals surface area contributed by atoms with Crippen molar-refractivity contribution in [1.82, 2.24) is 0 Å². The van der Waals surface area contributed by atoms with Crippen LogP contribution in [0, 0.1) is 19.8 Å². The Hall–Kier alpha value is -2.04. The number of aryl methyl sites for hydroxylation is 2. The Bertz CT molecular complexity index is 831. The van der Waals surface area contributed by atoms with E-state index in [1.54, 1.807) is 23.1 Å². The van der Waals surface area contributed by atoms with Crippen molar-refractivity contribution in [2.75, 3.05) is 16.8 Å². The summed E-state index contributed by atoms with van der Waals surface area (Å²) < 4.78 is 0. The van der Waals surface area contributed by atoms with Gasteiger partial charge in [0.15, 0.2) is 0 Å². The molecule has 0 aliphatic carbocycles. The van der Waals surface area contributed by atoms with Gasteiger partial charge in [-0.15, -0.1) is 0 Å². The van der Waals surface area contributed by atoms with Crippen LogP contribution in [-0.2, 0) is 9.59 Å². The molecule has 1 atom stereocenters. The molecule has 1 heterocycles. The number of nitrogens with zero attached hydrogens (tertiary/aromatic N) is 1. The molecule has 25 heavy (non-hydrogen) atoms. The fourth-order valence-corrected chi connectivity index (χ4v) is 3.42. The first-order valence-corrected chi connectivity index (χ1v) is 8.74. The van der Waals surface area contributed by atoms with Crippen molar-refractivity contribution < 1.29 is 9.59 Å². The minimum absolute atomic E-state index is 0.0534. The van der Waals surface area contributed by atoms with Crippen molar-refractivity contribution in [2.24, 2.45) is 5.92 Å². The first-order valence-electron chi connectivity index (χ1n) is 7.98. The maximum atomic E-state index is 12.5. The Morgan fingerprint density at radius 1 is 1.16 bits per heavy atom. The quantitative estimate of drug-likeness (QED) is 0.850. The average molecular weight is 377 g/mol. The van der Waals surface area contributed by atoms with Gasteiger partial charge in [0.05, 0.1) is 21.7 Å². The van der Waals surface area contributed by atoms with Crippen LogP contribution in [0.2, 0.25) is 10.0 Å². The highest BCUT2D eigenvalue weighted by Crippen LogP contribution is 2.31. The highest BCUT2D eigenvalue weighted by atomic mass is 35.5. The van der Waals surface area contributed by atoms with Crippen LogP contribution >= 0.6 is 23.2 Å². The zero-order chi connectivity index (χ0) is 18.1. The second kappa shape index (κ2) is 7.06. The molecule has 0 radical (unpaired) electrons. The van der Waals surface area contributed by atoms with Crippen LogP contribution in [-0.4, -0.2) is 18.4 Å². The van der Waals surface area contributed by atoms with Gasteiger partial charge >= 0.3 is 0 Å². The molecule has 130 valence electrons. The highest BCUT2D eigenvalue weighted by molar-refractivity contribution is 6.44. The van der Waals surface area contributed by atoms with Gasteiger partial charge in [-0.25, -0.2) is 0 Å². The molecule has 2 aromatic carbocycles. The van der Waals surface area contributed by atoms with Crippen LogP contribution in [0.5, 0.6) is 0 Å². The molecular weight excluding hydrogens is 359 g/mol. The van der Waals surface area contributed by atoms with Crippen molar-refractivity contribution in [2.45, 2.75) is 20.3 Å². The molecule has 1 fully saturated rings. The van der Waals surface area contributed by atoms with E-state index in [9.17, 15) is 9.59 Å². The summed E-state index contributed by atoms with van der Waals surface area (Å²) in [5.41, 5.74) is 3.46. The van der Waals surface area contributed by atoms with Gasteiger partial charge < -0.3 is 10.2 Å². The van der Waals surface area contributed by atoms with Gasteiger partial charge in [-0.05, 0) is 49.2 Å². The standard InChI is InChI=1S/C19H18Cl2N2O2/c1-11-6-12(2)8-14(7-11)23-10-13(9-17(23)24)19(25)22-16-5-3-4-15(20)18(16)21/h3-8,13H,9-10H2,1-2H3,(H,22,25)/t13-/m0/s1. The Labute approximate surface area is 156 Å². The molecule has 1 N–H and O–H groups in total. The van der Waals surface area contributed by atoms with Crippen molar-refractivity contribution >= 4 is 46.4 Å². The van der Waals surface area contributed by atoms with E-state index in [-0.39, 0.29) is 18.2 Å². The monoisotopic (exact) mass is 376 g/mol. The lowest BCUT2D eigenvalue weighted by Gasteiger charge is -2.18. The average Bonchev–Trinajstić information content (AvgIpc) is 2.93. The number of nitrogens with one attached hydrogen (secondary N) is 1. The largest absolute Gasteiger partial charge is 0.324 e. The van der Waals surface area contributed by atoms with E-state index in [0.717, 1.165) is 16.8 Å². The molecule has 1 aliphatic heterocycles. The minimum atomic E-state index is -0.427. The number of rotatable bonds is 3. The van der Waals surface area contributed by atoms with Crippen molar-refractivity contribution in [1.29, 1.82) is 0 Å². The molecule has 0 bridgehead atoms. The summed E-state index contributed by atoms with van der Waals surface area (Å²) in [6.45, 7) is 4.33.